The van der Waals surface area contributed by atoms with E-state index in [2.05, 4.69) is 0 Å². The summed E-state index contributed by atoms with van der Waals surface area (Å²) in [6.45, 7) is 0. The van der Waals surface area contributed by atoms with Crippen molar-refractivity contribution in [3.05, 3.63) is 18.2 Å². The van der Waals surface area contributed by atoms with E-state index >= 15 is 0 Å². The van der Waals surface area contributed by atoms with Gasteiger partial charge in [-0.05, 0) is 6.07 Å². The molecule has 0 fully saturated rings. The molecule has 1 radical (unpaired) electrons. The van der Waals surface area contributed by atoms with Crippen molar-refractivity contribution in [1.82, 2.24) is 0 Å². The van der Waals surface area contributed by atoms with Crippen LogP contribution < -0.4 is 0 Å². The summed E-state index contributed by atoms with van der Waals surface area (Å²) in [5.74, 6) is -1.22. The predicted molar refractivity (Wildman–Crippen MR) is 38.4 cm³/mol. The van der Waals surface area contributed by atoms with Gasteiger partial charge in [0.1, 0.15) is 0 Å². The SMILES string of the molecule is O=S(=O)(O)c1c[c]c(O)c(O)c1. The van der Waals surface area contributed by atoms with E-state index in [1.807, 2.05) is 6.07 Å². The second-order valence-corrected chi connectivity index (χ2v) is 3.47. The van der Waals surface area contributed by atoms with Crippen molar-refractivity contribution >= 4 is 10.1 Å². The molecule has 0 spiro atoms. The van der Waals surface area contributed by atoms with Gasteiger partial charge in [-0.2, -0.15) is 8.42 Å². The smallest absolute Gasteiger partial charge is 0.294 e. The Hall–Kier alpha value is -1.27. The van der Waals surface area contributed by atoms with Crippen molar-refractivity contribution in [3.63, 3.8) is 0 Å². The summed E-state index contributed by atoms with van der Waals surface area (Å²) in [6.07, 6.45) is 0. The maximum Gasteiger partial charge on any atom is 0.294 e. The van der Waals surface area contributed by atoms with Crippen LogP contribution in [0.4, 0.5) is 0 Å². The average Bonchev–Trinajstić information content (AvgIpc) is 1.92. The van der Waals surface area contributed by atoms with Crippen LogP contribution in [-0.2, 0) is 10.1 Å². The van der Waals surface area contributed by atoms with Crippen molar-refractivity contribution in [2.24, 2.45) is 0 Å². The number of aromatic hydroxyl groups is 2. The minimum absolute atomic E-state index is 0.516. The largest absolute Gasteiger partial charge is 0.504 e. The second-order valence-electron chi connectivity index (χ2n) is 2.04. The van der Waals surface area contributed by atoms with Gasteiger partial charge in [-0.1, -0.05) is 0 Å². The predicted octanol–water partition coefficient (Wildman–Crippen LogP) is 0.145. The molecular weight excluding hydrogens is 184 g/mol. The third-order valence-electron chi connectivity index (χ3n) is 1.17. The minimum atomic E-state index is -4.34. The molecule has 0 amide bonds. The minimum Gasteiger partial charge on any atom is -0.504 e. The first-order chi connectivity index (χ1) is 5.41. The maximum atomic E-state index is 10.4. The highest BCUT2D eigenvalue weighted by atomic mass is 32.2. The lowest BCUT2D eigenvalue weighted by molar-refractivity contribution is 0.400. The summed E-state index contributed by atoms with van der Waals surface area (Å²) < 4.78 is 29.3. The summed E-state index contributed by atoms with van der Waals surface area (Å²) in [6, 6.07) is 3.62. The lowest BCUT2D eigenvalue weighted by Gasteiger charge is -1.98. The third-order valence-corrected chi connectivity index (χ3v) is 2.00. The number of hydrogen-bond donors (Lipinski definition) is 3. The molecule has 0 saturated carbocycles. The van der Waals surface area contributed by atoms with Crippen LogP contribution in [0.5, 0.6) is 11.5 Å². The number of phenolic OH excluding ortho intramolecular Hbond substituents is 2. The van der Waals surface area contributed by atoms with E-state index in [4.69, 9.17) is 14.8 Å². The molecule has 0 aliphatic heterocycles. The topological polar surface area (TPSA) is 94.8 Å². The van der Waals surface area contributed by atoms with Crippen LogP contribution in [-0.4, -0.2) is 23.2 Å². The third kappa shape index (κ3) is 1.66. The molecule has 0 bridgehead atoms. The van der Waals surface area contributed by atoms with Gasteiger partial charge in [0.25, 0.3) is 10.1 Å². The Morgan fingerprint density at radius 1 is 1.33 bits per heavy atom. The molecular formula is C6H5O5S. The van der Waals surface area contributed by atoms with Crippen molar-refractivity contribution in [1.29, 1.82) is 0 Å². The summed E-state index contributed by atoms with van der Waals surface area (Å²) in [4.78, 5) is -0.516. The van der Waals surface area contributed by atoms with Gasteiger partial charge in [-0.15, -0.1) is 0 Å². The molecule has 1 aromatic carbocycles. The van der Waals surface area contributed by atoms with E-state index in [0.717, 1.165) is 12.1 Å². The first-order valence-electron chi connectivity index (χ1n) is 2.82. The van der Waals surface area contributed by atoms with E-state index in [1.165, 1.54) is 0 Å². The van der Waals surface area contributed by atoms with Crippen molar-refractivity contribution in [2.45, 2.75) is 4.90 Å². The van der Waals surface area contributed by atoms with Crippen molar-refractivity contribution < 1.29 is 23.2 Å². The highest BCUT2D eigenvalue weighted by Crippen LogP contribution is 2.25. The zero-order valence-corrected chi connectivity index (χ0v) is 6.54. The average molecular weight is 189 g/mol. The van der Waals surface area contributed by atoms with Gasteiger partial charge >= 0.3 is 0 Å². The summed E-state index contributed by atoms with van der Waals surface area (Å²) in [5, 5.41) is 17.5. The molecule has 12 heavy (non-hydrogen) atoms. The van der Waals surface area contributed by atoms with Crippen LogP contribution in [0.3, 0.4) is 0 Å². The first kappa shape index (κ1) is 8.82. The molecule has 6 heteroatoms. The molecule has 0 aliphatic rings. The van der Waals surface area contributed by atoms with Crippen LogP contribution in [0.1, 0.15) is 0 Å². The molecule has 0 unspecified atom stereocenters. The van der Waals surface area contributed by atoms with Crippen LogP contribution in [0.2, 0.25) is 0 Å². The van der Waals surface area contributed by atoms with Crippen LogP contribution in [0.15, 0.2) is 17.0 Å². The molecule has 0 aromatic heterocycles. The molecule has 0 aliphatic carbocycles. The zero-order chi connectivity index (χ0) is 9.35. The highest BCUT2D eigenvalue weighted by Gasteiger charge is 2.11. The first-order valence-corrected chi connectivity index (χ1v) is 4.26. The summed E-state index contributed by atoms with van der Waals surface area (Å²) >= 11 is 0. The zero-order valence-electron chi connectivity index (χ0n) is 5.72. The Balaban J connectivity index is 3.33. The van der Waals surface area contributed by atoms with Crippen LogP contribution >= 0.6 is 0 Å². The standard InChI is InChI=1S/C6H5O5S/c7-5-2-1-4(3-6(5)8)12(9,10)11/h1,3,7-8H,(H,9,10,11). The molecule has 3 N–H and O–H groups in total. The summed E-state index contributed by atoms with van der Waals surface area (Å²) in [5.41, 5.74) is 0. The van der Waals surface area contributed by atoms with Gasteiger partial charge in [-0.3, -0.25) is 4.55 Å². The maximum absolute atomic E-state index is 10.4. The monoisotopic (exact) mass is 189 g/mol. The van der Waals surface area contributed by atoms with Gasteiger partial charge in [0.15, 0.2) is 11.5 Å². The number of rotatable bonds is 1. The Labute approximate surface area is 68.6 Å². The van der Waals surface area contributed by atoms with E-state index < -0.39 is 26.5 Å². The molecule has 1 rings (SSSR count). The Morgan fingerprint density at radius 3 is 2.33 bits per heavy atom. The Kier molecular flexibility index (Phi) is 1.95. The lowest BCUT2D eigenvalue weighted by atomic mass is 10.3. The number of benzene rings is 1. The highest BCUT2D eigenvalue weighted by molar-refractivity contribution is 7.85. The fourth-order valence-electron chi connectivity index (χ4n) is 0.607. The van der Waals surface area contributed by atoms with E-state index in [1.54, 1.807) is 0 Å². The fraction of sp³-hybridized carbons (Fsp3) is 0. The normalized spacial score (nSPS) is 11.4. The van der Waals surface area contributed by atoms with E-state index in [0.29, 0.717) is 0 Å². The number of hydrogen-bond acceptors (Lipinski definition) is 4. The van der Waals surface area contributed by atoms with Crippen LogP contribution in [0, 0.1) is 6.07 Å². The van der Waals surface area contributed by atoms with Gasteiger partial charge in [-0.25, -0.2) is 0 Å². The van der Waals surface area contributed by atoms with Crippen LogP contribution in [0.25, 0.3) is 0 Å². The quantitative estimate of drug-likeness (QED) is 0.431. The Bertz CT molecular complexity index is 394. The molecule has 0 heterocycles. The molecule has 5 nitrogen and oxygen atoms in total. The van der Waals surface area contributed by atoms with Gasteiger partial charge in [0.2, 0.25) is 0 Å². The molecule has 1 aromatic rings. The molecule has 65 valence electrons. The fourth-order valence-corrected chi connectivity index (χ4v) is 1.08. The van der Waals surface area contributed by atoms with E-state index in [-0.39, 0.29) is 0 Å². The molecule has 0 saturated heterocycles. The molecule has 0 atom stereocenters. The van der Waals surface area contributed by atoms with Gasteiger partial charge in [0, 0.05) is 12.1 Å². The van der Waals surface area contributed by atoms with E-state index in [9.17, 15) is 8.42 Å². The summed E-state index contributed by atoms with van der Waals surface area (Å²) in [7, 11) is -4.34. The van der Waals surface area contributed by atoms with Gasteiger partial charge < -0.3 is 10.2 Å². The second kappa shape index (κ2) is 2.65. The Morgan fingerprint density at radius 2 is 1.92 bits per heavy atom. The van der Waals surface area contributed by atoms with Crippen molar-refractivity contribution in [2.75, 3.05) is 0 Å². The van der Waals surface area contributed by atoms with Crippen molar-refractivity contribution in [3.8, 4) is 11.5 Å². The number of phenols is 2. The van der Waals surface area contributed by atoms with Gasteiger partial charge in [0.05, 0.1) is 4.90 Å². The lowest BCUT2D eigenvalue weighted by Crippen LogP contribution is -1.96.